The summed E-state index contributed by atoms with van der Waals surface area (Å²) in [5.74, 6) is -2.41. The predicted molar refractivity (Wildman–Crippen MR) is 96.4 cm³/mol. The van der Waals surface area contributed by atoms with Gasteiger partial charge in [0.25, 0.3) is 5.91 Å². The molecule has 1 atom stereocenters. The lowest BCUT2D eigenvalue weighted by molar-refractivity contribution is -0.858. The minimum atomic E-state index is -1.12. The van der Waals surface area contributed by atoms with Crippen LogP contribution >= 0.6 is 11.6 Å². The topological polar surface area (TPSA) is 83.3 Å². The number of carbonyl (C=O) groups excluding carboxylic acids is 3. The second-order valence-corrected chi connectivity index (χ2v) is 6.65. The number of barbiturate groups is 1. The zero-order valence-electron chi connectivity index (χ0n) is 14.5. The Morgan fingerprint density at radius 1 is 1.32 bits per heavy atom. The minimum Gasteiger partial charge on any atom is -0.340 e. The fraction of sp³-hybridized carbons (Fsp3) is 0.412. The fourth-order valence-electron chi connectivity index (χ4n) is 2.39. The molecule has 2 rings (SSSR count). The first-order chi connectivity index (χ1) is 11.8. The van der Waals surface area contributed by atoms with Crippen LogP contribution < -0.4 is 15.1 Å². The lowest BCUT2D eigenvalue weighted by atomic mass is 10.1. The van der Waals surface area contributed by atoms with Crippen LogP contribution in [0.5, 0.6) is 0 Å². The molecule has 0 aromatic heterocycles. The summed E-state index contributed by atoms with van der Waals surface area (Å²) in [6.07, 6.45) is 2.16. The van der Waals surface area contributed by atoms with E-state index in [0.717, 1.165) is 23.4 Å². The molecule has 0 saturated carbocycles. The summed E-state index contributed by atoms with van der Waals surface area (Å²) in [6, 6.07) is 4.07. The number of halogens is 1. The summed E-state index contributed by atoms with van der Waals surface area (Å²) < 4.78 is 0. The lowest BCUT2D eigenvalue weighted by Gasteiger charge is -2.28. The molecule has 7 nitrogen and oxygen atoms in total. The van der Waals surface area contributed by atoms with Gasteiger partial charge in [0.2, 0.25) is 5.91 Å². The number of benzene rings is 1. The zero-order chi connectivity index (χ0) is 18.6. The molecule has 2 N–H and O–H groups in total. The van der Waals surface area contributed by atoms with Gasteiger partial charge >= 0.3 is 6.03 Å². The van der Waals surface area contributed by atoms with Gasteiger partial charge in [-0.1, -0.05) is 17.7 Å². The van der Waals surface area contributed by atoms with Crippen LogP contribution in [0.2, 0.25) is 5.02 Å². The molecule has 25 heavy (non-hydrogen) atoms. The quantitative estimate of drug-likeness (QED) is 0.436. The zero-order valence-corrected chi connectivity index (χ0v) is 15.3. The van der Waals surface area contributed by atoms with E-state index >= 15 is 0 Å². The summed E-state index contributed by atoms with van der Waals surface area (Å²) >= 11 is 6.07. The van der Waals surface area contributed by atoms with Crippen molar-refractivity contribution in [3.8, 4) is 0 Å². The predicted octanol–water partition coefficient (Wildman–Crippen LogP) is 0.453. The van der Waals surface area contributed by atoms with E-state index in [2.05, 4.69) is 10.3 Å². The molecular weight excluding hydrogens is 344 g/mol. The van der Waals surface area contributed by atoms with Crippen LogP contribution in [0.1, 0.15) is 12.0 Å². The normalized spacial score (nSPS) is 18.4. The van der Waals surface area contributed by atoms with Crippen LogP contribution in [0, 0.1) is 12.8 Å². The maximum atomic E-state index is 12.6. The smallest absolute Gasteiger partial charge is 0.335 e. The first kappa shape index (κ1) is 19.1. The maximum Gasteiger partial charge on any atom is 0.335 e. The second-order valence-electron chi connectivity index (χ2n) is 6.25. The van der Waals surface area contributed by atoms with Crippen molar-refractivity contribution in [2.75, 3.05) is 32.1 Å². The molecule has 134 valence electrons. The molecule has 4 amide bonds. The van der Waals surface area contributed by atoms with Gasteiger partial charge in [0.05, 0.1) is 26.3 Å². The van der Waals surface area contributed by atoms with Crippen molar-refractivity contribution >= 4 is 41.3 Å². The van der Waals surface area contributed by atoms with Gasteiger partial charge in [-0.2, -0.15) is 0 Å². The Morgan fingerprint density at radius 3 is 2.68 bits per heavy atom. The summed E-state index contributed by atoms with van der Waals surface area (Å²) in [5, 5.41) is 2.63. The lowest BCUT2D eigenvalue weighted by Crippen LogP contribution is -3.05. The molecule has 0 radical (unpaired) electrons. The second kappa shape index (κ2) is 8.22. The molecule has 1 aromatic carbocycles. The maximum absolute atomic E-state index is 12.6. The van der Waals surface area contributed by atoms with E-state index in [9.17, 15) is 14.4 Å². The van der Waals surface area contributed by atoms with Gasteiger partial charge in [-0.15, -0.1) is 0 Å². The van der Waals surface area contributed by atoms with Gasteiger partial charge in [0.15, 0.2) is 5.92 Å². The van der Waals surface area contributed by atoms with Gasteiger partial charge in [-0.05, 0) is 24.6 Å². The SMILES string of the molecule is Cc1ccc(N2C(=O)NC(=O)[C@H](C=NCCC[NH+](C)C)C2=O)cc1Cl. The van der Waals surface area contributed by atoms with Crippen LogP contribution in [0.25, 0.3) is 0 Å². The molecule has 0 unspecified atom stereocenters. The van der Waals surface area contributed by atoms with Gasteiger partial charge in [-0.3, -0.25) is 19.9 Å². The molecule has 1 aromatic rings. The molecule has 0 bridgehead atoms. The molecule has 8 heteroatoms. The van der Waals surface area contributed by atoms with Crippen molar-refractivity contribution in [1.29, 1.82) is 0 Å². The van der Waals surface area contributed by atoms with Crippen LogP contribution in [0.15, 0.2) is 23.2 Å². The van der Waals surface area contributed by atoms with E-state index in [0.29, 0.717) is 17.3 Å². The average Bonchev–Trinajstić information content (AvgIpc) is 2.52. The van der Waals surface area contributed by atoms with E-state index in [1.165, 1.54) is 17.2 Å². The number of anilines is 1. The van der Waals surface area contributed by atoms with Crippen LogP contribution in [0.4, 0.5) is 10.5 Å². The van der Waals surface area contributed by atoms with Crippen molar-refractivity contribution in [2.45, 2.75) is 13.3 Å². The van der Waals surface area contributed by atoms with Crippen LogP contribution in [-0.2, 0) is 9.59 Å². The molecule has 1 aliphatic rings. The van der Waals surface area contributed by atoms with E-state index in [1.54, 1.807) is 12.1 Å². The van der Waals surface area contributed by atoms with E-state index < -0.39 is 23.8 Å². The van der Waals surface area contributed by atoms with Gasteiger partial charge in [0.1, 0.15) is 0 Å². The number of aryl methyl sites for hydroxylation is 1. The van der Waals surface area contributed by atoms with Crippen molar-refractivity contribution in [1.82, 2.24) is 5.32 Å². The number of imide groups is 2. The number of hydrogen-bond donors (Lipinski definition) is 2. The van der Waals surface area contributed by atoms with Crippen molar-refractivity contribution in [3.63, 3.8) is 0 Å². The highest BCUT2D eigenvalue weighted by molar-refractivity contribution is 6.34. The molecule has 1 saturated heterocycles. The van der Waals surface area contributed by atoms with Crippen LogP contribution in [-0.4, -0.2) is 51.2 Å². The highest BCUT2D eigenvalue weighted by Crippen LogP contribution is 2.25. The Bertz CT molecular complexity index is 718. The standard InChI is InChI=1S/C17H21ClN4O3/c1-11-5-6-12(9-14(11)18)22-16(24)13(15(23)20-17(22)25)10-19-7-4-8-21(2)3/h5-6,9-10,13H,4,7-8H2,1-3H3,(H,20,23,25)/p+1/t13-/m0/s1. The van der Waals surface area contributed by atoms with Gasteiger partial charge in [-0.25, -0.2) is 9.69 Å². The third-order valence-electron chi connectivity index (χ3n) is 3.83. The number of nitrogens with one attached hydrogen (secondary N) is 2. The molecular formula is C17H22ClN4O3+. The third-order valence-corrected chi connectivity index (χ3v) is 4.24. The van der Waals surface area contributed by atoms with E-state index in [1.807, 2.05) is 21.0 Å². The summed E-state index contributed by atoms with van der Waals surface area (Å²) in [6.45, 7) is 3.28. The van der Waals surface area contributed by atoms with Crippen LogP contribution in [0.3, 0.4) is 0 Å². The summed E-state index contributed by atoms with van der Waals surface area (Å²) in [5.41, 5.74) is 1.15. The number of rotatable bonds is 6. The van der Waals surface area contributed by atoms with Gasteiger partial charge in [0, 0.05) is 24.2 Å². The highest BCUT2D eigenvalue weighted by Gasteiger charge is 2.40. The summed E-state index contributed by atoms with van der Waals surface area (Å²) in [7, 11) is 4.08. The number of quaternary nitrogens is 1. The number of nitrogens with zero attached hydrogens (tertiary/aromatic N) is 2. The molecule has 0 spiro atoms. The molecule has 1 aliphatic heterocycles. The van der Waals surface area contributed by atoms with Crippen molar-refractivity contribution in [3.05, 3.63) is 28.8 Å². The number of amides is 4. The Morgan fingerprint density at radius 2 is 2.04 bits per heavy atom. The van der Waals surface area contributed by atoms with Crippen molar-refractivity contribution < 1.29 is 19.3 Å². The fourth-order valence-corrected chi connectivity index (χ4v) is 2.57. The number of hydrogen-bond acceptors (Lipinski definition) is 4. The highest BCUT2D eigenvalue weighted by atomic mass is 35.5. The largest absolute Gasteiger partial charge is 0.340 e. The molecule has 1 fully saturated rings. The molecule has 0 aliphatic carbocycles. The number of urea groups is 1. The Labute approximate surface area is 151 Å². The minimum absolute atomic E-state index is 0.320. The monoisotopic (exact) mass is 365 g/mol. The van der Waals surface area contributed by atoms with E-state index in [-0.39, 0.29) is 0 Å². The van der Waals surface area contributed by atoms with E-state index in [4.69, 9.17) is 11.6 Å². The molecule has 1 heterocycles. The Kier molecular flexibility index (Phi) is 6.27. The Balaban J connectivity index is 2.15. The Hall–Kier alpha value is -2.25. The summed E-state index contributed by atoms with van der Waals surface area (Å²) in [4.78, 5) is 43.1. The van der Waals surface area contributed by atoms with Crippen molar-refractivity contribution in [2.24, 2.45) is 10.9 Å². The number of carbonyl (C=O) groups is 3. The number of aliphatic imine (C=N–C) groups is 1. The third kappa shape index (κ3) is 4.64. The van der Waals surface area contributed by atoms with Gasteiger partial charge < -0.3 is 4.90 Å². The first-order valence-electron chi connectivity index (χ1n) is 8.05. The average molecular weight is 366 g/mol. The first-order valence-corrected chi connectivity index (χ1v) is 8.43.